The molecule has 0 amide bonds. The van der Waals surface area contributed by atoms with E-state index in [1.165, 1.54) is 11.1 Å². The van der Waals surface area contributed by atoms with Gasteiger partial charge in [0.05, 0.1) is 6.54 Å². The molecule has 0 spiro atoms. The molecule has 0 aromatic heterocycles. The van der Waals surface area contributed by atoms with Gasteiger partial charge >= 0.3 is 0 Å². The van der Waals surface area contributed by atoms with Crippen LogP contribution in [0.5, 0.6) is 0 Å². The van der Waals surface area contributed by atoms with Crippen LogP contribution in [0.1, 0.15) is 45.2 Å². The molecule has 0 saturated carbocycles. The number of halogens is 1. The van der Waals surface area contributed by atoms with E-state index in [-0.39, 0.29) is 29.4 Å². The van der Waals surface area contributed by atoms with Gasteiger partial charge in [-0.15, -0.1) is 24.0 Å². The average Bonchev–Trinajstić information content (AvgIpc) is 2.43. The summed E-state index contributed by atoms with van der Waals surface area (Å²) in [4.78, 5) is 4.44. The maximum absolute atomic E-state index is 5.83. The van der Waals surface area contributed by atoms with Gasteiger partial charge in [-0.2, -0.15) is 0 Å². The number of nitrogens with two attached hydrogens (primary N) is 1. The number of aliphatic imine (C=N–C) groups is 1. The Labute approximate surface area is 140 Å². The van der Waals surface area contributed by atoms with Gasteiger partial charge in [0.2, 0.25) is 0 Å². The van der Waals surface area contributed by atoms with Crippen LogP contribution in [0, 0.1) is 0 Å². The summed E-state index contributed by atoms with van der Waals surface area (Å²) < 4.78 is 0. The summed E-state index contributed by atoms with van der Waals surface area (Å²) in [6.45, 7) is 10.3. The maximum Gasteiger partial charge on any atom is 0.188 e. The van der Waals surface area contributed by atoms with Crippen LogP contribution in [0.3, 0.4) is 0 Å². The first kappa shape index (κ1) is 19.2. The lowest BCUT2D eigenvalue weighted by atomic mass is 9.84. The predicted octanol–water partition coefficient (Wildman–Crippen LogP) is 3.46. The second-order valence-corrected chi connectivity index (χ2v) is 5.56. The summed E-state index contributed by atoms with van der Waals surface area (Å²) >= 11 is 0. The highest BCUT2D eigenvalue weighted by Gasteiger charge is 2.20. The van der Waals surface area contributed by atoms with Crippen LogP contribution >= 0.6 is 24.0 Å². The van der Waals surface area contributed by atoms with Crippen molar-refractivity contribution in [2.24, 2.45) is 10.7 Å². The molecule has 3 nitrogen and oxygen atoms in total. The van der Waals surface area contributed by atoms with Crippen LogP contribution in [-0.4, -0.2) is 19.0 Å². The highest BCUT2D eigenvalue weighted by molar-refractivity contribution is 14.0. The smallest absolute Gasteiger partial charge is 0.188 e. The quantitative estimate of drug-likeness (QED) is 0.445. The topological polar surface area (TPSA) is 50.4 Å². The fourth-order valence-corrected chi connectivity index (χ4v) is 1.87. The van der Waals surface area contributed by atoms with Crippen molar-refractivity contribution >= 4 is 29.9 Å². The molecular weight excluding hydrogens is 361 g/mol. The summed E-state index contributed by atoms with van der Waals surface area (Å²) in [5.74, 6) is 0.542. The third-order valence-electron chi connectivity index (χ3n) is 3.34. The molecule has 1 aromatic rings. The van der Waals surface area contributed by atoms with Gasteiger partial charge < -0.3 is 11.1 Å². The Kier molecular flexibility index (Phi) is 8.85. The first-order valence-electron chi connectivity index (χ1n) is 7.12. The molecule has 0 heterocycles. The monoisotopic (exact) mass is 389 g/mol. The minimum Gasteiger partial charge on any atom is -0.370 e. The number of rotatable bonds is 6. The fourth-order valence-electron chi connectivity index (χ4n) is 1.87. The van der Waals surface area contributed by atoms with Gasteiger partial charge in [0.1, 0.15) is 0 Å². The molecule has 4 heteroatoms. The van der Waals surface area contributed by atoms with Crippen molar-refractivity contribution in [2.45, 2.75) is 46.0 Å². The zero-order valence-corrected chi connectivity index (χ0v) is 15.4. The first-order chi connectivity index (χ1) is 8.99. The molecule has 0 saturated heterocycles. The number of hydrogen-bond donors (Lipinski definition) is 2. The number of guanidine groups is 1. The number of aryl methyl sites for hydroxylation is 1. The molecule has 114 valence electrons. The lowest BCUT2D eigenvalue weighted by molar-refractivity contribution is 0.538. The number of nitrogens with zero attached hydrogens (tertiary/aromatic N) is 1. The summed E-state index contributed by atoms with van der Waals surface area (Å²) in [6.07, 6.45) is 2.13. The summed E-state index contributed by atoms with van der Waals surface area (Å²) in [5, 5.41) is 3.10. The Morgan fingerprint density at radius 3 is 2.30 bits per heavy atom. The summed E-state index contributed by atoms with van der Waals surface area (Å²) in [5.41, 5.74) is 8.50. The van der Waals surface area contributed by atoms with Crippen molar-refractivity contribution in [3.8, 4) is 0 Å². The van der Waals surface area contributed by atoms with E-state index in [1.54, 1.807) is 0 Å². The fraction of sp³-hybridized carbons (Fsp3) is 0.562. The largest absolute Gasteiger partial charge is 0.370 e. The molecule has 0 bridgehead atoms. The zero-order valence-electron chi connectivity index (χ0n) is 13.1. The molecule has 0 radical (unpaired) electrons. The van der Waals surface area contributed by atoms with Gasteiger partial charge in [-0.1, -0.05) is 52.0 Å². The molecule has 3 N–H and O–H groups in total. The normalized spacial score (nSPS) is 11.9. The van der Waals surface area contributed by atoms with Crippen LogP contribution in [0.2, 0.25) is 0 Å². The molecule has 20 heavy (non-hydrogen) atoms. The van der Waals surface area contributed by atoms with Crippen LogP contribution in [-0.2, 0) is 11.8 Å². The molecule has 1 rings (SSSR count). The Morgan fingerprint density at radius 2 is 1.80 bits per heavy atom. The number of hydrogen-bond acceptors (Lipinski definition) is 1. The van der Waals surface area contributed by atoms with Gasteiger partial charge in [0.25, 0.3) is 0 Å². The van der Waals surface area contributed by atoms with Crippen LogP contribution in [0.15, 0.2) is 29.3 Å². The van der Waals surface area contributed by atoms with Crippen molar-refractivity contribution in [2.75, 3.05) is 13.1 Å². The molecule has 0 aliphatic heterocycles. The molecule has 0 aliphatic rings. The number of nitrogens with one attached hydrogen (secondary N) is 1. The molecule has 0 fully saturated rings. The van der Waals surface area contributed by atoms with Crippen LogP contribution in [0.25, 0.3) is 0 Å². The highest BCUT2D eigenvalue weighted by atomic mass is 127. The van der Waals surface area contributed by atoms with Gasteiger partial charge in [-0.05, 0) is 24.0 Å². The second kappa shape index (κ2) is 9.21. The van der Waals surface area contributed by atoms with Crippen molar-refractivity contribution in [3.63, 3.8) is 0 Å². The molecule has 0 atom stereocenters. The Hall–Kier alpha value is -0.780. The van der Waals surface area contributed by atoms with Crippen molar-refractivity contribution in [3.05, 3.63) is 35.4 Å². The van der Waals surface area contributed by atoms with E-state index in [0.717, 1.165) is 19.4 Å². The predicted molar refractivity (Wildman–Crippen MR) is 99.0 cm³/mol. The Bertz CT molecular complexity index is 410. The Balaban J connectivity index is 0.00000361. The zero-order chi connectivity index (χ0) is 14.3. The van der Waals surface area contributed by atoms with E-state index in [2.05, 4.69) is 62.3 Å². The van der Waals surface area contributed by atoms with E-state index in [1.807, 2.05) is 0 Å². The lowest BCUT2D eigenvalue weighted by Crippen LogP contribution is -2.34. The lowest BCUT2D eigenvalue weighted by Gasteiger charge is -2.23. The molecule has 0 unspecified atom stereocenters. The van der Waals surface area contributed by atoms with E-state index in [9.17, 15) is 0 Å². The molecular formula is C16H28IN3. The minimum atomic E-state index is 0. The van der Waals surface area contributed by atoms with Crippen LogP contribution in [0.4, 0.5) is 0 Å². The van der Waals surface area contributed by atoms with E-state index in [4.69, 9.17) is 5.73 Å². The third kappa shape index (κ3) is 6.11. The van der Waals surface area contributed by atoms with Crippen LogP contribution < -0.4 is 11.1 Å². The van der Waals surface area contributed by atoms with Crippen molar-refractivity contribution in [1.29, 1.82) is 0 Å². The maximum atomic E-state index is 5.83. The summed E-state index contributed by atoms with van der Waals surface area (Å²) in [7, 11) is 0. The minimum absolute atomic E-state index is 0. The van der Waals surface area contributed by atoms with E-state index in [0.29, 0.717) is 12.5 Å². The van der Waals surface area contributed by atoms with E-state index >= 15 is 0 Å². The standard InChI is InChI=1S/C16H27N3.HI/c1-5-11-18-15(17)19-12-16(3,4)14-9-7-13(6-2)8-10-14;/h7-10H,5-6,11-12H2,1-4H3,(H3,17,18,19);1H. The third-order valence-corrected chi connectivity index (χ3v) is 3.34. The van der Waals surface area contributed by atoms with Crippen molar-refractivity contribution < 1.29 is 0 Å². The van der Waals surface area contributed by atoms with Gasteiger partial charge in [0.15, 0.2) is 5.96 Å². The first-order valence-corrected chi connectivity index (χ1v) is 7.12. The summed E-state index contributed by atoms with van der Waals surface area (Å²) in [6, 6.07) is 8.78. The Morgan fingerprint density at radius 1 is 1.20 bits per heavy atom. The second-order valence-electron chi connectivity index (χ2n) is 5.56. The molecule has 0 aliphatic carbocycles. The van der Waals surface area contributed by atoms with Gasteiger partial charge in [0, 0.05) is 12.0 Å². The highest BCUT2D eigenvalue weighted by Crippen LogP contribution is 2.23. The SMILES string of the molecule is CCCNC(N)=NCC(C)(C)c1ccc(CC)cc1.I. The van der Waals surface area contributed by atoms with Gasteiger partial charge in [-0.3, -0.25) is 4.99 Å². The van der Waals surface area contributed by atoms with Crippen molar-refractivity contribution in [1.82, 2.24) is 5.32 Å². The average molecular weight is 389 g/mol. The number of benzene rings is 1. The van der Waals surface area contributed by atoms with E-state index < -0.39 is 0 Å². The van der Waals surface area contributed by atoms with Gasteiger partial charge in [-0.25, -0.2) is 0 Å². The molecule has 1 aromatic carbocycles.